The van der Waals surface area contributed by atoms with Crippen LogP contribution in [0.1, 0.15) is 29.1 Å². The number of rotatable bonds is 10. The van der Waals surface area contributed by atoms with E-state index in [0.29, 0.717) is 44.6 Å². The largest absolute Gasteiger partial charge is 0.495 e. The second kappa shape index (κ2) is 12.3. The zero-order valence-electron chi connectivity index (χ0n) is 18.8. The molecule has 0 saturated heterocycles. The topological polar surface area (TPSA) is 98.1 Å². The van der Waals surface area contributed by atoms with Crippen LogP contribution in [0.2, 0.25) is 15.1 Å². The van der Waals surface area contributed by atoms with Crippen molar-refractivity contribution in [3.63, 3.8) is 0 Å². The molecule has 184 valence electrons. The fraction of sp³-hybridized carbons (Fsp3) is 0.217. The molecule has 0 fully saturated rings. The van der Waals surface area contributed by atoms with Crippen molar-refractivity contribution in [1.29, 1.82) is 0 Å². The van der Waals surface area contributed by atoms with E-state index in [4.69, 9.17) is 39.5 Å². The number of halogens is 3. The Bertz CT molecular complexity index is 1250. The Balaban J connectivity index is 1.70. The standard InChI is InChI=1S/C23H22Cl3N5O3S/c1-4-9-31-21(13(2)27-22(33)16-7-5-14(24)10-17(16)26)29-30-23(31)35-12-20(32)28-18-11-15(25)6-8-19(18)34-3/h4-8,10-11,13H,1,9,12H2,2-3H3,(H,27,33)(H,28,32)/t13-/m0/s1. The SMILES string of the molecule is C=CCn1c(SCC(=O)Nc2cc(Cl)ccc2OC)nnc1[C@H](C)NC(=O)c1ccc(Cl)cc1Cl. The molecule has 0 unspecified atom stereocenters. The van der Waals surface area contributed by atoms with Crippen LogP contribution in [0.15, 0.2) is 54.2 Å². The summed E-state index contributed by atoms with van der Waals surface area (Å²) in [7, 11) is 1.51. The number of methoxy groups -OCH3 is 1. The summed E-state index contributed by atoms with van der Waals surface area (Å²) in [6.45, 7) is 5.94. The van der Waals surface area contributed by atoms with Gasteiger partial charge in [0.2, 0.25) is 5.91 Å². The summed E-state index contributed by atoms with van der Waals surface area (Å²) in [5, 5.41) is 15.7. The van der Waals surface area contributed by atoms with E-state index in [0.717, 1.165) is 0 Å². The van der Waals surface area contributed by atoms with Gasteiger partial charge in [-0.05, 0) is 43.3 Å². The number of hydrogen-bond acceptors (Lipinski definition) is 6. The van der Waals surface area contributed by atoms with Gasteiger partial charge in [-0.25, -0.2) is 0 Å². The van der Waals surface area contributed by atoms with Gasteiger partial charge in [-0.1, -0.05) is 52.6 Å². The van der Waals surface area contributed by atoms with Crippen molar-refractivity contribution >= 4 is 64.1 Å². The summed E-state index contributed by atoms with van der Waals surface area (Å²) in [6.07, 6.45) is 1.68. The van der Waals surface area contributed by atoms with Crippen molar-refractivity contribution in [3.05, 3.63) is 75.5 Å². The van der Waals surface area contributed by atoms with E-state index in [1.807, 2.05) is 0 Å². The van der Waals surface area contributed by atoms with E-state index >= 15 is 0 Å². The van der Waals surface area contributed by atoms with Gasteiger partial charge in [0.05, 0.1) is 35.2 Å². The van der Waals surface area contributed by atoms with Crippen LogP contribution in [0.25, 0.3) is 0 Å². The molecule has 1 aromatic heterocycles. The molecule has 12 heteroatoms. The first-order valence-corrected chi connectivity index (χ1v) is 12.4. The third-order valence-corrected chi connectivity index (χ3v) is 6.49. The molecule has 2 N–H and O–H groups in total. The summed E-state index contributed by atoms with van der Waals surface area (Å²) < 4.78 is 7.03. The maximum absolute atomic E-state index is 12.7. The number of thioether (sulfide) groups is 1. The Kier molecular flexibility index (Phi) is 9.45. The van der Waals surface area contributed by atoms with E-state index in [1.165, 1.54) is 24.9 Å². The summed E-state index contributed by atoms with van der Waals surface area (Å²) in [6, 6.07) is 9.10. The van der Waals surface area contributed by atoms with Crippen LogP contribution in [0, 0.1) is 0 Å². The highest BCUT2D eigenvalue weighted by atomic mass is 35.5. The zero-order chi connectivity index (χ0) is 25.5. The molecule has 2 aromatic carbocycles. The Morgan fingerprint density at radius 3 is 2.57 bits per heavy atom. The molecular weight excluding hydrogens is 533 g/mol. The van der Waals surface area contributed by atoms with Crippen molar-refractivity contribution < 1.29 is 14.3 Å². The minimum absolute atomic E-state index is 0.0616. The average Bonchev–Trinajstić information content (AvgIpc) is 3.20. The molecule has 2 amide bonds. The number of carbonyl (C=O) groups excluding carboxylic acids is 2. The average molecular weight is 555 g/mol. The predicted octanol–water partition coefficient (Wildman–Crippen LogP) is 5.65. The Morgan fingerprint density at radius 2 is 1.89 bits per heavy atom. The molecule has 1 atom stereocenters. The smallest absolute Gasteiger partial charge is 0.253 e. The number of carbonyl (C=O) groups is 2. The van der Waals surface area contributed by atoms with Crippen molar-refractivity contribution in [1.82, 2.24) is 20.1 Å². The number of allylic oxidation sites excluding steroid dienone is 1. The van der Waals surface area contributed by atoms with Crippen LogP contribution < -0.4 is 15.4 Å². The lowest BCUT2D eigenvalue weighted by Gasteiger charge is -2.16. The lowest BCUT2D eigenvalue weighted by Crippen LogP contribution is -2.29. The van der Waals surface area contributed by atoms with Crippen molar-refractivity contribution in [3.8, 4) is 5.75 Å². The van der Waals surface area contributed by atoms with Crippen LogP contribution in [0.4, 0.5) is 5.69 Å². The summed E-state index contributed by atoms with van der Waals surface area (Å²) in [4.78, 5) is 25.3. The fourth-order valence-corrected chi connectivity index (χ4v) is 4.56. The minimum atomic E-state index is -0.499. The number of benzene rings is 2. The molecule has 1 heterocycles. The van der Waals surface area contributed by atoms with Crippen LogP contribution in [0.3, 0.4) is 0 Å². The molecule has 0 aliphatic rings. The quantitative estimate of drug-likeness (QED) is 0.248. The van der Waals surface area contributed by atoms with Gasteiger partial charge in [0.25, 0.3) is 5.91 Å². The van der Waals surface area contributed by atoms with Crippen LogP contribution in [0.5, 0.6) is 5.75 Å². The third-order valence-electron chi connectivity index (χ3n) is 4.74. The number of aromatic nitrogens is 3. The van der Waals surface area contributed by atoms with Gasteiger partial charge in [0.15, 0.2) is 11.0 Å². The molecule has 0 aliphatic carbocycles. The molecule has 0 saturated carbocycles. The molecule has 0 spiro atoms. The van der Waals surface area contributed by atoms with E-state index in [-0.39, 0.29) is 22.6 Å². The summed E-state index contributed by atoms with van der Waals surface area (Å²) in [5.74, 6) is 0.407. The second-order valence-corrected chi connectivity index (χ2v) is 9.46. The Morgan fingerprint density at radius 1 is 1.17 bits per heavy atom. The van der Waals surface area contributed by atoms with E-state index < -0.39 is 6.04 Å². The Hall–Kier alpha value is -2.72. The number of anilines is 1. The summed E-state index contributed by atoms with van der Waals surface area (Å²) >= 11 is 19.3. The van der Waals surface area contributed by atoms with Gasteiger partial charge < -0.3 is 19.9 Å². The number of hydrogen-bond donors (Lipinski definition) is 2. The van der Waals surface area contributed by atoms with Crippen LogP contribution in [-0.4, -0.2) is 39.4 Å². The molecule has 0 radical (unpaired) electrons. The minimum Gasteiger partial charge on any atom is -0.495 e. The molecular formula is C23H22Cl3N5O3S. The monoisotopic (exact) mass is 553 g/mol. The van der Waals surface area contributed by atoms with Crippen molar-refractivity contribution in [2.75, 3.05) is 18.2 Å². The molecule has 8 nitrogen and oxygen atoms in total. The van der Waals surface area contributed by atoms with Gasteiger partial charge >= 0.3 is 0 Å². The zero-order valence-corrected chi connectivity index (χ0v) is 21.9. The molecule has 3 aromatic rings. The normalized spacial score (nSPS) is 11.6. The molecule has 3 rings (SSSR count). The highest BCUT2D eigenvalue weighted by Crippen LogP contribution is 2.28. The highest BCUT2D eigenvalue weighted by Gasteiger charge is 2.21. The van der Waals surface area contributed by atoms with Gasteiger partial charge in [-0.15, -0.1) is 16.8 Å². The lowest BCUT2D eigenvalue weighted by atomic mass is 10.2. The number of nitrogens with zero attached hydrogens (tertiary/aromatic N) is 3. The first kappa shape index (κ1) is 26.9. The summed E-state index contributed by atoms with van der Waals surface area (Å²) in [5.41, 5.74) is 0.761. The lowest BCUT2D eigenvalue weighted by molar-refractivity contribution is -0.113. The molecule has 0 bridgehead atoms. The van der Waals surface area contributed by atoms with Crippen LogP contribution in [-0.2, 0) is 11.3 Å². The first-order valence-electron chi connectivity index (χ1n) is 10.3. The van der Waals surface area contributed by atoms with E-state index in [9.17, 15) is 9.59 Å². The predicted molar refractivity (Wildman–Crippen MR) is 140 cm³/mol. The van der Waals surface area contributed by atoms with Crippen molar-refractivity contribution in [2.24, 2.45) is 0 Å². The Labute approximate surface area is 222 Å². The maximum atomic E-state index is 12.7. The fourth-order valence-electron chi connectivity index (χ4n) is 3.13. The third kappa shape index (κ3) is 6.91. The molecule has 35 heavy (non-hydrogen) atoms. The van der Waals surface area contributed by atoms with Gasteiger partial charge in [-0.3, -0.25) is 9.59 Å². The van der Waals surface area contributed by atoms with E-state index in [2.05, 4.69) is 27.4 Å². The van der Waals surface area contributed by atoms with Gasteiger partial charge in [0.1, 0.15) is 5.75 Å². The number of nitrogens with one attached hydrogen (secondary N) is 2. The van der Waals surface area contributed by atoms with Crippen molar-refractivity contribution in [2.45, 2.75) is 24.7 Å². The second-order valence-electron chi connectivity index (χ2n) is 7.24. The molecule has 0 aliphatic heterocycles. The van der Waals surface area contributed by atoms with Crippen LogP contribution >= 0.6 is 46.6 Å². The maximum Gasteiger partial charge on any atom is 0.253 e. The van der Waals surface area contributed by atoms with Gasteiger partial charge in [0, 0.05) is 16.6 Å². The first-order chi connectivity index (χ1) is 16.7. The van der Waals surface area contributed by atoms with E-state index in [1.54, 1.807) is 47.9 Å². The number of ether oxygens (including phenoxy) is 1. The highest BCUT2D eigenvalue weighted by molar-refractivity contribution is 7.99. The van der Waals surface area contributed by atoms with Gasteiger partial charge in [-0.2, -0.15) is 0 Å². The number of amides is 2.